The van der Waals surface area contributed by atoms with Crippen LogP contribution >= 0.6 is 0 Å². The van der Waals surface area contributed by atoms with Crippen LogP contribution in [0.25, 0.3) is 11.6 Å². The van der Waals surface area contributed by atoms with Crippen molar-refractivity contribution in [3.63, 3.8) is 0 Å². The van der Waals surface area contributed by atoms with Gasteiger partial charge in [-0.25, -0.2) is 19.9 Å². The van der Waals surface area contributed by atoms with Crippen molar-refractivity contribution in [3.8, 4) is 11.6 Å². The largest absolute Gasteiger partial charge is 0.384 e. The van der Waals surface area contributed by atoms with Crippen LogP contribution in [0.1, 0.15) is 11.3 Å². The fourth-order valence-corrected chi connectivity index (χ4v) is 1.35. The average molecular weight is 231 g/mol. The molecule has 6 nitrogen and oxygen atoms in total. The third-order valence-corrected chi connectivity index (χ3v) is 2.07. The van der Waals surface area contributed by atoms with Crippen molar-refractivity contribution < 1.29 is 4.74 Å². The Balaban J connectivity index is 2.40. The van der Waals surface area contributed by atoms with Crippen molar-refractivity contribution in [1.29, 1.82) is 0 Å². The maximum absolute atomic E-state index is 5.69. The number of nitrogen functional groups attached to an aromatic ring is 1. The zero-order valence-corrected chi connectivity index (χ0v) is 9.71. The smallest absolute Gasteiger partial charge is 0.200 e. The zero-order chi connectivity index (χ0) is 12.3. The Morgan fingerprint density at radius 1 is 1.18 bits per heavy atom. The number of nitrogens with zero attached hydrogens (tertiary/aromatic N) is 4. The minimum Gasteiger partial charge on any atom is -0.384 e. The standard InChI is InChI=1S/C11H13N5O/c1-7-4-13-10(14-5-7)11-15-8(6-17-2)3-9(12)16-11/h3-5H,6H2,1-2H3,(H2,12,15,16). The van der Waals surface area contributed by atoms with Gasteiger partial charge in [-0.15, -0.1) is 0 Å². The van der Waals surface area contributed by atoms with E-state index >= 15 is 0 Å². The molecule has 0 aliphatic heterocycles. The monoisotopic (exact) mass is 231 g/mol. The summed E-state index contributed by atoms with van der Waals surface area (Å²) in [7, 11) is 1.60. The van der Waals surface area contributed by atoms with Gasteiger partial charge >= 0.3 is 0 Å². The Labute approximate surface area is 98.9 Å². The lowest BCUT2D eigenvalue weighted by molar-refractivity contribution is 0.181. The van der Waals surface area contributed by atoms with E-state index in [4.69, 9.17) is 10.5 Å². The summed E-state index contributed by atoms with van der Waals surface area (Å²) in [5.74, 6) is 1.25. The van der Waals surface area contributed by atoms with E-state index in [1.807, 2.05) is 6.92 Å². The second-order valence-corrected chi connectivity index (χ2v) is 3.62. The molecule has 2 rings (SSSR count). The molecule has 0 spiro atoms. The number of anilines is 1. The Kier molecular flexibility index (Phi) is 3.24. The summed E-state index contributed by atoms with van der Waals surface area (Å²) in [6.07, 6.45) is 3.43. The lowest BCUT2D eigenvalue weighted by Crippen LogP contribution is -2.03. The molecule has 0 saturated carbocycles. The van der Waals surface area contributed by atoms with Gasteiger partial charge in [0.2, 0.25) is 0 Å². The van der Waals surface area contributed by atoms with Crippen LogP contribution in [0.3, 0.4) is 0 Å². The zero-order valence-electron chi connectivity index (χ0n) is 9.71. The van der Waals surface area contributed by atoms with E-state index in [1.165, 1.54) is 0 Å². The minimum absolute atomic E-state index is 0.381. The molecule has 88 valence electrons. The van der Waals surface area contributed by atoms with Gasteiger partial charge in [-0.05, 0) is 12.5 Å². The summed E-state index contributed by atoms with van der Waals surface area (Å²) in [4.78, 5) is 16.7. The Hall–Kier alpha value is -2.08. The Morgan fingerprint density at radius 3 is 2.53 bits per heavy atom. The van der Waals surface area contributed by atoms with Crippen LogP contribution in [0.5, 0.6) is 0 Å². The van der Waals surface area contributed by atoms with E-state index < -0.39 is 0 Å². The molecule has 0 aliphatic carbocycles. The number of aromatic nitrogens is 4. The Bertz CT molecular complexity index is 512. The van der Waals surface area contributed by atoms with Gasteiger partial charge in [0.15, 0.2) is 11.6 Å². The van der Waals surface area contributed by atoms with Gasteiger partial charge in [-0.3, -0.25) is 0 Å². The van der Waals surface area contributed by atoms with Crippen molar-refractivity contribution in [2.24, 2.45) is 0 Å². The van der Waals surface area contributed by atoms with Crippen LogP contribution in [-0.4, -0.2) is 27.0 Å². The van der Waals surface area contributed by atoms with Crippen molar-refractivity contribution in [2.45, 2.75) is 13.5 Å². The number of aryl methyl sites for hydroxylation is 1. The summed E-state index contributed by atoms with van der Waals surface area (Å²) in [6, 6.07) is 1.67. The van der Waals surface area contributed by atoms with E-state index in [2.05, 4.69) is 19.9 Å². The molecule has 0 unspecified atom stereocenters. The topological polar surface area (TPSA) is 86.8 Å². The van der Waals surface area contributed by atoms with Crippen LogP contribution in [0.4, 0.5) is 5.82 Å². The summed E-state index contributed by atoms with van der Waals surface area (Å²) >= 11 is 0. The van der Waals surface area contributed by atoms with Crippen LogP contribution in [0.15, 0.2) is 18.5 Å². The third kappa shape index (κ3) is 2.73. The highest BCUT2D eigenvalue weighted by atomic mass is 16.5. The molecule has 0 radical (unpaired) electrons. The normalized spacial score (nSPS) is 10.5. The van der Waals surface area contributed by atoms with Gasteiger partial charge in [0.1, 0.15) is 5.82 Å². The van der Waals surface area contributed by atoms with Crippen LogP contribution in [0.2, 0.25) is 0 Å². The van der Waals surface area contributed by atoms with Gasteiger partial charge in [-0.2, -0.15) is 0 Å². The summed E-state index contributed by atoms with van der Waals surface area (Å²) in [5, 5.41) is 0. The van der Waals surface area contributed by atoms with E-state index in [9.17, 15) is 0 Å². The van der Waals surface area contributed by atoms with Crippen LogP contribution in [-0.2, 0) is 11.3 Å². The molecule has 0 aromatic carbocycles. The molecule has 2 N–H and O–H groups in total. The Morgan fingerprint density at radius 2 is 1.88 bits per heavy atom. The first-order valence-electron chi connectivity index (χ1n) is 5.10. The number of ether oxygens (including phenoxy) is 1. The van der Waals surface area contributed by atoms with Gasteiger partial charge < -0.3 is 10.5 Å². The number of hydrogen-bond acceptors (Lipinski definition) is 6. The fraction of sp³-hybridized carbons (Fsp3) is 0.273. The highest BCUT2D eigenvalue weighted by Crippen LogP contribution is 2.12. The third-order valence-electron chi connectivity index (χ3n) is 2.07. The first-order valence-corrected chi connectivity index (χ1v) is 5.10. The van der Waals surface area contributed by atoms with Crippen LogP contribution < -0.4 is 5.73 Å². The fourth-order valence-electron chi connectivity index (χ4n) is 1.35. The lowest BCUT2D eigenvalue weighted by Gasteiger charge is -2.04. The molecule has 6 heteroatoms. The van der Waals surface area contributed by atoms with E-state index in [0.717, 1.165) is 5.56 Å². The van der Waals surface area contributed by atoms with Gasteiger partial charge in [-0.1, -0.05) is 0 Å². The molecule has 2 heterocycles. The van der Waals surface area contributed by atoms with Crippen molar-refractivity contribution in [3.05, 3.63) is 29.7 Å². The minimum atomic E-state index is 0.381. The van der Waals surface area contributed by atoms with Crippen molar-refractivity contribution >= 4 is 5.82 Å². The SMILES string of the molecule is COCc1cc(N)nc(-c2ncc(C)cn2)n1. The number of nitrogens with two attached hydrogens (primary N) is 1. The van der Waals surface area contributed by atoms with Gasteiger partial charge in [0, 0.05) is 25.6 Å². The average Bonchev–Trinajstić information content (AvgIpc) is 2.29. The van der Waals surface area contributed by atoms with E-state index in [1.54, 1.807) is 25.6 Å². The molecule has 0 fully saturated rings. The highest BCUT2D eigenvalue weighted by molar-refractivity contribution is 5.47. The summed E-state index contributed by atoms with van der Waals surface area (Å²) < 4.78 is 5.01. The predicted octanol–water partition coefficient (Wildman–Crippen LogP) is 0.971. The molecule has 2 aromatic heterocycles. The second-order valence-electron chi connectivity index (χ2n) is 3.62. The first-order chi connectivity index (χ1) is 8.19. The molecule has 0 atom stereocenters. The predicted molar refractivity (Wildman–Crippen MR) is 62.9 cm³/mol. The van der Waals surface area contributed by atoms with Gasteiger partial charge in [0.25, 0.3) is 0 Å². The maximum Gasteiger partial charge on any atom is 0.200 e. The molecular formula is C11H13N5O. The van der Waals surface area contributed by atoms with Crippen molar-refractivity contribution in [1.82, 2.24) is 19.9 Å². The molecule has 2 aromatic rings. The molecule has 0 aliphatic rings. The maximum atomic E-state index is 5.69. The summed E-state index contributed by atoms with van der Waals surface area (Å²) in [5.41, 5.74) is 7.38. The molecule has 0 amide bonds. The molecule has 17 heavy (non-hydrogen) atoms. The lowest BCUT2D eigenvalue weighted by atomic mass is 10.3. The molecule has 0 saturated heterocycles. The quantitative estimate of drug-likeness (QED) is 0.847. The first kappa shape index (κ1) is 11.4. The summed E-state index contributed by atoms with van der Waals surface area (Å²) in [6.45, 7) is 2.30. The van der Waals surface area contributed by atoms with E-state index in [0.29, 0.717) is 29.8 Å². The van der Waals surface area contributed by atoms with E-state index in [-0.39, 0.29) is 0 Å². The van der Waals surface area contributed by atoms with Crippen LogP contribution in [0, 0.1) is 6.92 Å². The highest BCUT2D eigenvalue weighted by Gasteiger charge is 2.07. The molecule has 0 bridgehead atoms. The second kappa shape index (κ2) is 4.84. The number of rotatable bonds is 3. The number of methoxy groups -OCH3 is 1. The molecular weight excluding hydrogens is 218 g/mol. The van der Waals surface area contributed by atoms with Crippen molar-refractivity contribution in [2.75, 3.05) is 12.8 Å². The number of hydrogen-bond donors (Lipinski definition) is 1. The van der Waals surface area contributed by atoms with Gasteiger partial charge in [0.05, 0.1) is 12.3 Å².